The van der Waals surface area contributed by atoms with E-state index in [1.165, 1.54) is 5.56 Å². The second-order valence-corrected chi connectivity index (χ2v) is 5.62. The summed E-state index contributed by atoms with van der Waals surface area (Å²) in [5, 5.41) is 22.0. The maximum Gasteiger partial charge on any atom is 0.120 e. The Morgan fingerprint density at radius 3 is 2.68 bits per heavy atom. The number of hydrogen-bond acceptors (Lipinski definition) is 3. The number of hydrogen-bond donors (Lipinski definition) is 2. The molecule has 1 aromatic rings. The van der Waals surface area contributed by atoms with Gasteiger partial charge < -0.3 is 15.0 Å². The topological polar surface area (TPSA) is 61.0 Å². The second kappa shape index (κ2) is 6.23. The van der Waals surface area contributed by atoms with E-state index in [-0.39, 0.29) is 6.10 Å². The van der Waals surface area contributed by atoms with Crippen LogP contribution in [0.5, 0.6) is 0 Å². The molecule has 0 radical (unpaired) electrons. The van der Waals surface area contributed by atoms with Crippen molar-refractivity contribution in [3.63, 3.8) is 0 Å². The number of nitriles is 1. The van der Waals surface area contributed by atoms with Crippen molar-refractivity contribution in [1.29, 1.82) is 5.26 Å². The van der Waals surface area contributed by atoms with Gasteiger partial charge in [-0.2, -0.15) is 5.26 Å². The zero-order valence-electron chi connectivity index (χ0n) is 11.8. The maximum atomic E-state index is 9.47. The minimum absolute atomic E-state index is 0.0780. The average Bonchev–Trinajstić information content (AvgIpc) is 2.69. The van der Waals surface area contributed by atoms with Gasteiger partial charge in [-0.05, 0) is 56.7 Å². The molecule has 0 bridgehead atoms. The third-order valence-corrected chi connectivity index (χ3v) is 4.32. The molecule has 1 aromatic heterocycles. The van der Waals surface area contributed by atoms with Crippen LogP contribution in [0, 0.1) is 24.2 Å². The van der Waals surface area contributed by atoms with E-state index in [0.717, 1.165) is 50.2 Å². The smallest absolute Gasteiger partial charge is 0.120 e. The molecule has 104 valence electrons. The summed E-state index contributed by atoms with van der Waals surface area (Å²) in [7, 11) is 1.93. The number of nitrogens with zero attached hydrogens (tertiary/aromatic N) is 2. The Kier molecular flexibility index (Phi) is 4.62. The van der Waals surface area contributed by atoms with E-state index in [4.69, 9.17) is 5.26 Å². The highest BCUT2D eigenvalue weighted by Crippen LogP contribution is 2.23. The molecule has 1 aliphatic carbocycles. The molecule has 1 heterocycles. The number of aromatic nitrogens is 1. The van der Waals surface area contributed by atoms with Gasteiger partial charge in [0, 0.05) is 19.3 Å². The van der Waals surface area contributed by atoms with Crippen molar-refractivity contribution < 1.29 is 5.11 Å². The summed E-state index contributed by atoms with van der Waals surface area (Å²) in [6.45, 7) is 3.87. The SMILES string of the molecule is Cc1c(CNCC2CCC(O)CC2)cc(C#N)n1C. The molecule has 2 rings (SSSR count). The normalized spacial score (nSPS) is 23.3. The third-order valence-electron chi connectivity index (χ3n) is 4.32. The fourth-order valence-corrected chi connectivity index (χ4v) is 2.81. The zero-order chi connectivity index (χ0) is 13.8. The van der Waals surface area contributed by atoms with Gasteiger partial charge in [0.1, 0.15) is 11.8 Å². The number of rotatable bonds is 4. The van der Waals surface area contributed by atoms with Crippen LogP contribution in [0.2, 0.25) is 0 Å². The van der Waals surface area contributed by atoms with E-state index in [9.17, 15) is 5.11 Å². The molecule has 1 aliphatic rings. The molecular formula is C15H23N3O. The first-order chi connectivity index (χ1) is 9.11. The Bertz CT molecular complexity index is 464. The van der Waals surface area contributed by atoms with Gasteiger partial charge >= 0.3 is 0 Å². The molecule has 0 spiro atoms. The molecule has 0 unspecified atom stereocenters. The summed E-state index contributed by atoms with van der Waals surface area (Å²) in [5.41, 5.74) is 3.08. The van der Waals surface area contributed by atoms with Gasteiger partial charge in [0.2, 0.25) is 0 Å². The van der Waals surface area contributed by atoms with Gasteiger partial charge in [-0.1, -0.05) is 0 Å². The van der Waals surface area contributed by atoms with Crippen molar-refractivity contribution in [1.82, 2.24) is 9.88 Å². The molecule has 4 heteroatoms. The minimum Gasteiger partial charge on any atom is -0.393 e. The highest BCUT2D eigenvalue weighted by molar-refractivity contribution is 5.33. The molecule has 2 N–H and O–H groups in total. The molecule has 19 heavy (non-hydrogen) atoms. The van der Waals surface area contributed by atoms with Gasteiger partial charge in [0.15, 0.2) is 0 Å². The Balaban J connectivity index is 1.81. The molecule has 1 fully saturated rings. The predicted molar refractivity (Wildman–Crippen MR) is 74.5 cm³/mol. The fourth-order valence-electron chi connectivity index (χ4n) is 2.81. The lowest BCUT2D eigenvalue weighted by Crippen LogP contribution is -2.27. The van der Waals surface area contributed by atoms with Crippen LogP contribution in [0.25, 0.3) is 0 Å². The van der Waals surface area contributed by atoms with Crippen LogP contribution in [0.1, 0.15) is 42.6 Å². The molecule has 0 atom stereocenters. The van der Waals surface area contributed by atoms with Crippen molar-refractivity contribution in [2.45, 2.75) is 45.3 Å². The van der Waals surface area contributed by atoms with Gasteiger partial charge in [0.25, 0.3) is 0 Å². The van der Waals surface area contributed by atoms with Crippen LogP contribution in [-0.4, -0.2) is 22.3 Å². The summed E-state index contributed by atoms with van der Waals surface area (Å²) in [6.07, 6.45) is 4.03. The van der Waals surface area contributed by atoms with Crippen molar-refractivity contribution in [3.8, 4) is 6.07 Å². The predicted octanol–water partition coefficient (Wildman–Crippen LogP) is 1.85. The van der Waals surface area contributed by atoms with Gasteiger partial charge in [-0.25, -0.2) is 0 Å². The Morgan fingerprint density at radius 2 is 2.11 bits per heavy atom. The molecule has 0 aliphatic heterocycles. The van der Waals surface area contributed by atoms with Gasteiger partial charge in [0.05, 0.1) is 6.10 Å². The molecule has 0 aromatic carbocycles. The Morgan fingerprint density at radius 1 is 1.42 bits per heavy atom. The quantitative estimate of drug-likeness (QED) is 0.869. The first-order valence-corrected chi connectivity index (χ1v) is 7.06. The van der Waals surface area contributed by atoms with E-state index < -0.39 is 0 Å². The highest BCUT2D eigenvalue weighted by Gasteiger charge is 2.19. The van der Waals surface area contributed by atoms with Crippen LogP contribution in [0.4, 0.5) is 0 Å². The maximum absolute atomic E-state index is 9.47. The molecule has 4 nitrogen and oxygen atoms in total. The summed E-state index contributed by atoms with van der Waals surface area (Å²) in [5.74, 6) is 0.683. The summed E-state index contributed by atoms with van der Waals surface area (Å²) < 4.78 is 1.94. The zero-order valence-corrected chi connectivity index (χ0v) is 11.8. The lowest BCUT2D eigenvalue weighted by atomic mass is 9.87. The molecule has 1 saturated carbocycles. The third kappa shape index (κ3) is 3.37. The van der Waals surface area contributed by atoms with Crippen LogP contribution in [0.3, 0.4) is 0 Å². The Hall–Kier alpha value is -1.31. The standard InChI is InChI=1S/C15H23N3O/c1-11-13(7-14(8-16)18(11)2)10-17-9-12-3-5-15(19)6-4-12/h7,12,15,17,19H,3-6,9-10H2,1-2H3. The van der Waals surface area contributed by atoms with Crippen LogP contribution in [0.15, 0.2) is 6.07 Å². The number of nitrogens with one attached hydrogen (secondary N) is 1. The summed E-state index contributed by atoms with van der Waals surface area (Å²) >= 11 is 0. The average molecular weight is 261 g/mol. The first kappa shape index (κ1) is 14.1. The largest absolute Gasteiger partial charge is 0.393 e. The lowest BCUT2D eigenvalue weighted by Gasteiger charge is -2.25. The second-order valence-electron chi connectivity index (χ2n) is 5.62. The van der Waals surface area contributed by atoms with E-state index >= 15 is 0 Å². The lowest BCUT2D eigenvalue weighted by molar-refractivity contribution is 0.108. The van der Waals surface area contributed by atoms with Crippen molar-refractivity contribution in [2.24, 2.45) is 13.0 Å². The van der Waals surface area contributed by atoms with E-state index in [0.29, 0.717) is 5.92 Å². The summed E-state index contributed by atoms with van der Waals surface area (Å²) in [6, 6.07) is 4.17. The van der Waals surface area contributed by atoms with E-state index in [1.54, 1.807) is 0 Å². The molecular weight excluding hydrogens is 238 g/mol. The minimum atomic E-state index is -0.0780. The van der Waals surface area contributed by atoms with Crippen molar-refractivity contribution in [2.75, 3.05) is 6.54 Å². The number of aliphatic hydroxyl groups excluding tert-OH is 1. The number of aliphatic hydroxyl groups is 1. The van der Waals surface area contributed by atoms with Crippen molar-refractivity contribution >= 4 is 0 Å². The van der Waals surface area contributed by atoms with Crippen LogP contribution < -0.4 is 5.32 Å². The summed E-state index contributed by atoms with van der Waals surface area (Å²) in [4.78, 5) is 0. The van der Waals surface area contributed by atoms with E-state index in [2.05, 4.69) is 18.3 Å². The highest BCUT2D eigenvalue weighted by atomic mass is 16.3. The van der Waals surface area contributed by atoms with Gasteiger partial charge in [-0.15, -0.1) is 0 Å². The van der Waals surface area contributed by atoms with Gasteiger partial charge in [-0.3, -0.25) is 0 Å². The van der Waals surface area contributed by atoms with Crippen LogP contribution in [-0.2, 0) is 13.6 Å². The first-order valence-electron chi connectivity index (χ1n) is 7.06. The Labute approximate surface area is 115 Å². The molecule has 0 saturated heterocycles. The molecule has 0 amide bonds. The monoisotopic (exact) mass is 261 g/mol. The van der Waals surface area contributed by atoms with Crippen LogP contribution >= 0.6 is 0 Å². The van der Waals surface area contributed by atoms with E-state index in [1.807, 2.05) is 17.7 Å². The fraction of sp³-hybridized carbons (Fsp3) is 0.667. The van der Waals surface area contributed by atoms with Crippen molar-refractivity contribution in [3.05, 3.63) is 23.0 Å².